The van der Waals surface area contributed by atoms with Gasteiger partial charge < -0.3 is 15.4 Å². The van der Waals surface area contributed by atoms with Gasteiger partial charge in [-0.05, 0) is 48.5 Å². The monoisotopic (exact) mass is 342 g/mol. The molecule has 0 radical (unpaired) electrons. The summed E-state index contributed by atoms with van der Waals surface area (Å²) >= 11 is 0. The van der Waals surface area contributed by atoms with Crippen LogP contribution in [0.3, 0.4) is 0 Å². The van der Waals surface area contributed by atoms with E-state index in [-0.39, 0.29) is 0 Å². The number of methoxy groups -OCH3 is 1. The molecule has 5 heteroatoms. The lowest BCUT2D eigenvalue weighted by atomic mass is 10.2. The molecule has 0 spiro atoms. The summed E-state index contributed by atoms with van der Waals surface area (Å²) in [7, 11) is 1.65. The smallest absolute Gasteiger partial charge is 0.229 e. The van der Waals surface area contributed by atoms with Gasteiger partial charge in [0.1, 0.15) is 11.6 Å². The molecule has 3 aromatic carbocycles. The SMILES string of the molecule is COc1ccc(Nc2nc(Nc3ccccc3)c3ccccc3n2)cc1. The molecule has 0 atom stereocenters. The molecule has 4 aromatic rings. The van der Waals surface area contributed by atoms with E-state index in [1.807, 2.05) is 78.9 Å². The van der Waals surface area contributed by atoms with Crippen LogP contribution < -0.4 is 15.4 Å². The Labute approximate surface area is 151 Å². The summed E-state index contributed by atoms with van der Waals surface area (Å²) in [5.41, 5.74) is 2.75. The quantitative estimate of drug-likeness (QED) is 0.527. The minimum Gasteiger partial charge on any atom is -0.497 e. The van der Waals surface area contributed by atoms with E-state index in [2.05, 4.69) is 20.6 Å². The van der Waals surface area contributed by atoms with E-state index in [4.69, 9.17) is 4.74 Å². The van der Waals surface area contributed by atoms with E-state index >= 15 is 0 Å². The Morgan fingerprint density at radius 1 is 0.692 bits per heavy atom. The maximum absolute atomic E-state index is 5.19. The van der Waals surface area contributed by atoms with Crippen molar-refractivity contribution in [3.05, 3.63) is 78.9 Å². The van der Waals surface area contributed by atoms with E-state index in [1.165, 1.54) is 0 Å². The highest BCUT2D eigenvalue weighted by Gasteiger charge is 2.08. The summed E-state index contributed by atoms with van der Waals surface area (Å²) < 4.78 is 5.19. The molecule has 0 aliphatic rings. The molecule has 0 fully saturated rings. The fraction of sp³-hybridized carbons (Fsp3) is 0.0476. The summed E-state index contributed by atoms with van der Waals surface area (Å²) in [5.74, 6) is 2.10. The number of ether oxygens (including phenoxy) is 1. The second-order valence-corrected chi connectivity index (χ2v) is 5.76. The van der Waals surface area contributed by atoms with Crippen LogP contribution in [-0.4, -0.2) is 17.1 Å². The van der Waals surface area contributed by atoms with Crippen LogP contribution in [0.2, 0.25) is 0 Å². The van der Waals surface area contributed by atoms with Crippen molar-refractivity contribution in [1.82, 2.24) is 9.97 Å². The molecule has 2 N–H and O–H groups in total. The summed E-state index contributed by atoms with van der Waals surface area (Å²) in [6, 6.07) is 25.6. The molecule has 0 aliphatic carbocycles. The normalized spacial score (nSPS) is 10.5. The van der Waals surface area contributed by atoms with Gasteiger partial charge in [-0.2, -0.15) is 4.98 Å². The fourth-order valence-electron chi connectivity index (χ4n) is 2.69. The first kappa shape index (κ1) is 15.9. The third kappa shape index (κ3) is 3.42. The number of fused-ring (bicyclic) bond motifs is 1. The van der Waals surface area contributed by atoms with E-state index in [0.717, 1.165) is 33.8 Å². The van der Waals surface area contributed by atoms with Crippen molar-refractivity contribution >= 4 is 34.0 Å². The van der Waals surface area contributed by atoms with Crippen molar-refractivity contribution in [3.8, 4) is 5.75 Å². The van der Waals surface area contributed by atoms with Crippen LogP contribution in [0.1, 0.15) is 0 Å². The standard InChI is InChI=1S/C21H18N4O/c1-26-17-13-11-16(12-14-17)23-21-24-19-10-6-5-9-18(19)20(25-21)22-15-7-3-2-4-8-15/h2-14H,1H3,(H2,22,23,24,25). The maximum atomic E-state index is 5.19. The number of nitrogens with one attached hydrogen (secondary N) is 2. The molecular formula is C21H18N4O. The number of benzene rings is 3. The molecule has 0 amide bonds. The van der Waals surface area contributed by atoms with Crippen molar-refractivity contribution in [2.45, 2.75) is 0 Å². The zero-order chi connectivity index (χ0) is 17.8. The molecule has 5 nitrogen and oxygen atoms in total. The van der Waals surface area contributed by atoms with Crippen LogP contribution in [0, 0.1) is 0 Å². The molecule has 0 unspecified atom stereocenters. The molecule has 4 rings (SSSR count). The minimum atomic E-state index is 0.535. The maximum Gasteiger partial charge on any atom is 0.229 e. The van der Waals surface area contributed by atoms with Gasteiger partial charge in [0, 0.05) is 16.8 Å². The zero-order valence-electron chi connectivity index (χ0n) is 14.3. The highest BCUT2D eigenvalue weighted by atomic mass is 16.5. The Morgan fingerprint density at radius 3 is 2.15 bits per heavy atom. The summed E-state index contributed by atoms with van der Waals surface area (Å²) in [4.78, 5) is 9.29. The van der Waals surface area contributed by atoms with Gasteiger partial charge in [-0.25, -0.2) is 4.98 Å². The first-order chi connectivity index (χ1) is 12.8. The van der Waals surface area contributed by atoms with E-state index < -0.39 is 0 Å². The number of hydrogen-bond acceptors (Lipinski definition) is 5. The average Bonchev–Trinajstić information content (AvgIpc) is 2.69. The Kier molecular flexibility index (Phi) is 4.35. The average molecular weight is 342 g/mol. The van der Waals surface area contributed by atoms with Crippen LogP contribution in [0.5, 0.6) is 5.75 Å². The molecule has 128 valence electrons. The molecule has 0 saturated carbocycles. The molecule has 1 heterocycles. The third-order valence-corrected chi connectivity index (χ3v) is 3.99. The number of para-hydroxylation sites is 2. The highest BCUT2D eigenvalue weighted by molar-refractivity contribution is 5.91. The van der Waals surface area contributed by atoms with Gasteiger partial charge in [0.2, 0.25) is 5.95 Å². The second-order valence-electron chi connectivity index (χ2n) is 5.76. The van der Waals surface area contributed by atoms with Crippen molar-refractivity contribution in [1.29, 1.82) is 0 Å². The predicted octanol–water partition coefficient (Wildman–Crippen LogP) is 5.13. The fourth-order valence-corrected chi connectivity index (χ4v) is 2.69. The van der Waals surface area contributed by atoms with Gasteiger partial charge in [0.05, 0.1) is 12.6 Å². The van der Waals surface area contributed by atoms with Crippen LogP contribution in [0.4, 0.5) is 23.1 Å². The number of anilines is 4. The van der Waals surface area contributed by atoms with Gasteiger partial charge in [0.25, 0.3) is 0 Å². The van der Waals surface area contributed by atoms with Gasteiger partial charge >= 0.3 is 0 Å². The molecule has 26 heavy (non-hydrogen) atoms. The Bertz CT molecular complexity index is 1020. The van der Waals surface area contributed by atoms with Gasteiger partial charge in [-0.1, -0.05) is 30.3 Å². The van der Waals surface area contributed by atoms with Crippen LogP contribution in [0.15, 0.2) is 78.9 Å². The summed E-state index contributed by atoms with van der Waals surface area (Å²) in [6.07, 6.45) is 0. The lowest BCUT2D eigenvalue weighted by Crippen LogP contribution is -2.02. The number of aromatic nitrogens is 2. The number of rotatable bonds is 5. The zero-order valence-corrected chi connectivity index (χ0v) is 14.3. The van der Waals surface area contributed by atoms with Crippen LogP contribution in [-0.2, 0) is 0 Å². The lowest BCUT2D eigenvalue weighted by molar-refractivity contribution is 0.415. The minimum absolute atomic E-state index is 0.535. The highest BCUT2D eigenvalue weighted by Crippen LogP contribution is 2.26. The Morgan fingerprint density at radius 2 is 1.38 bits per heavy atom. The molecular weight excluding hydrogens is 324 g/mol. The Hall–Kier alpha value is -3.60. The number of hydrogen-bond donors (Lipinski definition) is 2. The second kappa shape index (κ2) is 7.11. The van der Waals surface area contributed by atoms with Crippen molar-refractivity contribution in [2.24, 2.45) is 0 Å². The molecule has 0 saturated heterocycles. The van der Waals surface area contributed by atoms with Crippen LogP contribution >= 0.6 is 0 Å². The third-order valence-electron chi connectivity index (χ3n) is 3.99. The first-order valence-electron chi connectivity index (χ1n) is 8.32. The largest absolute Gasteiger partial charge is 0.497 e. The molecule has 0 aliphatic heterocycles. The van der Waals surface area contributed by atoms with Crippen molar-refractivity contribution in [3.63, 3.8) is 0 Å². The van der Waals surface area contributed by atoms with Crippen LogP contribution in [0.25, 0.3) is 10.9 Å². The summed E-state index contributed by atoms with van der Waals surface area (Å²) in [5, 5.41) is 7.61. The lowest BCUT2D eigenvalue weighted by Gasteiger charge is -2.12. The van der Waals surface area contributed by atoms with Crippen molar-refractivity contribution < 1.29 is 4.74 Å². The van der Waals surface area contributed by atoms with Gasteiger partial charge in [-0.15, -0.1) is 0 Å². The number of nitrogens with zero attached hydrogens (tertiary/aromatic N) is 2. The summed E-state index contributed by atoms with van der Waals surface area (Å²) in [6.45, 7) is 0. The van der Waals surface area contributed by atoms with E-state index in [9.17, 15) is 0 Å². The van der Waals surface area contributed by atoms with Gasteiger partial charge in [-0.3, -0.25) is 0 Å². The van der Waals surface area contributed by atoms with Gasteiger partial charge in [0.15, 0.2) is 0 Å². The predicted molar refractivity (Wildman–Crippen MR) is 106 cm³/mol. The topological polar surface area (TPSA) is 59.1 Å². The van der Waals surface area contributed by atoms with E-state index in [0.29, 0.717) is 5.95 Å². The molecule has 1 aromatic heterocycles. The Balaban J connectivity index is 1.70. The molecule has 0 bridgehead atoms. The van der Waals surface area contributed by atoms with Crippen molar-refractivity contribution in [2.75, 3.05) is 17.7 Å². The van der Waals surface area contributed by atoms with E-state index in [1.54, 1.807) is 7.11 Å². The first-order valence-corrected chi connectivity index (χ1v) is 8.32.